The van der Waals surface area contributed by atoms with Crippen LogP contribution in [0.25, 0.3) is 0 Å². The minimum Gasteiger partial charge on any atom is -0.382 e. The number of allylic oxidation sites excluding steroid dienone is 1. The molecule has 0 amide bonds. The van der Waals surface area contributed by atoms with Crippen LogP contribution in [-0.2, 0) is 0 Å². The number of rotatable bonds is 5. The first-order chi connectivity index (χ1) is 10.5. The number of carbonyl (C=O) groups excluding carboxylic acids is 1. The number of halogens is 2. The molecule has 2 nitrogen and oxygen atoms in total. The fraction of sp³-hybridized carbons (Fsp3) is 0.118. The molecule has 0 aliphatic carbocycles. The van der Waals surface area contributed by atoms with E-state index in [4.69, 9.17) is 23.2 Å². The lowest BCUT2D eigenvalue weighted by molar-refractivity contribution is 0.104. The molecular weight excluding hydrogens is 337 g/mol. The summed E-state index contributed by atoms with van der Waals surface area (Å²) in [7, 11) is 3.77. The van der Waals surface area contributed by atoms with Crippen LogP contribution >= 0.6 is 35.0 Å². The number of nitrogens with zero attached hydrogens (tertiary/aromatic N) is 1. The van der Waals surface area contributed by atoms with Gasteiger partial charge in [0, 0.05) is 40.8 Å². The van der Waals surface area contributed by atoms with E-state index in [-0.39, 0.29) is 5.78 Å². The number of benzene rings is 2. The van der Waals surface area contributed by atoms with Crippen LogP contribution < -0.4 is 0 Å². The summed E-state index contributed by atoms with van der Waals surface area (Å²) in [6.07, 6.45) is 1.82. The van der Waals surface area contributed by atoms with Gasteiger partial charge in [0.25, 0.3) is 0 Å². The molecule has 0 atom stereocenters. The van der Waals surface area contributed by atoms with Crippen molar-refractivity contribution in [3.63, 3.8) is 0 Å². The van der Waals surface area contributed by atoms with E-state index < -0.39 is 0 Å². The molecule has 0 unspecified atom stereocenters. The van der Waals surface area contributed by atoms with Gasteiger partial charge >= 0.3 is 0 Å². The Labute approximate surface area is 144 Å². The van der Waals surface area contributed by atoms with Crippen molar-refractivity contribution in [1.82, 2.24) is 4.90 Å². The van der Waals surface area contributed by atoms with Gasteiger partial charge in [0.15, 0.2) is 0 Å². The molecule has 114 valence electrons. The first kappa shape index (κ1) is 16.9. The maximum atomic E-state index is 12.7. The van der Waals surface area contributed by atoms with Gasteiger partial charge < -0.3 is 4.90 Å². The van der Waals surface area contributed by atoms with E-state index in [9.17, 15) is 4.79 Å². The molecule has 0 fully saturated rings. The zero-order valence-electron chi connectivity index (χ0n) is 12.2. The Hall–Kier alpha value is -1.42. The molecule has 0 bridgehead atoms. The van der Waals surface area contributed by atoms with Gasteiger partial charge in [-0.15, -0.1) is 0 Å². The predicted molar refractivity (Wildman–Crippen MR) is 94.9 cm³/mol. The third kappa shape index (κ3) is 4.80. The molecule has 0 saturated heterocycles. The van der Waals surface area contributed by atoms with E-state index in [0.717, 1.165) is 4.90 Å². The zero-order chi connectivity index (χ0) is 16.1. The van der Waals surface area contributed by atoms with Gasteiger partial charge in [-0.3, -0.25) is 4.79 Å². The second-order valence-electron chi connectivity index (χ2n) is 4.85. The van der Waals surface area contributed by atoms with Crippen molar-refractivity contribution in [1.29, 1.82) is 0 Å². The highest BCUT2D eigenvalue weighted by atomic mass is 35.5. The van der Waals surface area contributed by atoms with Crippen molar-refractivity contribution in [2.24, 2.45) is 0 Å². The second-order valence-corrected chi connectivity index (χ2v) is 6.84. The third-order valence-corrected chi connectivity index (χ3v) is 4.27. The highest BCUT2D eigenvalue weighted by Gasteiger charge is 2.14. The van der Waals surface area contributed by atoms with Crippen molar-refractivity contribution in [2.45, 2.75) is 4.90 Å². The highest BCUT2D eigenvalue weighted by molar-refractivity contribution is 8.04. The Kier molecular flexibility index (Phi) is 5.95. The maximum absolute atomic E-state index is 12.7. The van der Waals surface area contributed by atoms with Crippen LogP contribution in [0.5, 0.6) is 0 Å². The Balaban J connectivity index is 2.28. The maximum Gasteiger partial charge on any atom is 0.201 e. The van der Waals surface area contributed by atoms with E-state index in [2.05, 4.69) is 0 Å². The Morgan fingerprint density at radius 1 is 0.955 bits per heavy atom. The average Bonchev–Trinajstić information content (AvgIpc) is 2.48. The van der Waals surface area contributed by atoms with Crippen LogP contribution in [-0.4, -0.2) is 24.8 Å². The van der Waals surface area contributed by atoms with Gasteiger partial charge in [0.1, 0.15) is 0 Å². The molecule has 0 saturated carbocycles. The minimum atomic E-state index is -0.0367. The van der Waals surface area contributed by atoms with Gasteiger partial charge in [0.2, 0.25) is 5.78 Å². The number of Topliss-reactive ketones (excluding diaryl/α,β-unsaturated/α-hetero) is 1. The van der Waals surface area contributed by atoms with E-state index >= 15 is 0 Å². The molecule has 0 heterocycles. The monoisotopic (exact) mass is 351 g/mol. The number of carbonyl (C=O) groups is 1. The van der Waals surface area contributed by atoms with Gasteiger partial charge in [-0.25, -0.2) is 0 Å². The van der Waals surface area contributed by atoms with Crippen LogP contribution in [0.15, 0.2) is 64.5 Å². The zero-order valence-corrected chi connectivity index (χ0v) is 14.5. The van der Waals surface area contributed by atoms with Crippen LogP contribution in [0, 0.1) is 0 Å². The molecule has 0 aromatic heterocycles. The van der Waals surface area contributed by atoms with E-state index in [0.29, 0.717) is 20.5 Å². The molecule has 2 aromatic rings. The van der Waals surface area contributed by atoms with Crippen molar-refractivity contribution in [3.05, 3.63) is 75.2 Å². The molecule has 0 N–H and O–H groups in total. The standard InChI is InChI=1S/C17H15Cl2NOS/c1-20(2)11-16(22-15-9-7-14(19)8-10-15)17(21)12-3-5-13(18)6-4-12/h3-11H,1-2H3. The van der Waals surface area contributed by atoms with Gasteiger partial charge in [-0.1, -0.05) is 35.0 Å². The summed E-state index contributed by atoms with van der Waals surface area (Å²) in [6.45, 7) is 0. The van der Waals surface area contributed by atoms with Crippen molar-refractivity contribution >= 4 is 40.7 Å². The smallest absolute Gasteiger partial charge is 0.201 e. The van der Waals surface area contributed by atoms with E-state index in [1.807, 2.05) is 49.5 Å². The third-order valence-electron chi connectivity index (χ3n) is 2.75. The number of thioether (sulfide) groups is 1. The highest BCUT2D eigenvalue weighted by Crippen LogP contribution is 2.30. The summed E-state index contributed by atoms with van der Waals surface area (Å²) >= 11 is 13.2. The van der Waals surface area contributed by atoms with Crippen molar-refractivity contribution in [2.75, 3.05) is 14.1 Å². The van der Waals surface area contributed by atoms with Crippen molar-refractivity contribution < 1.29 is 4.79 Å². The Morgan fingerprint density at radius 3 is 1.95 bits per heavy atom. The van der Waals surface area contributed by atoms with Crippen LogP contribution in [0.3, 0.4) is 0 Å². The molecule has 0 radical (unpaired) electrons. The first-order valence-electron chi connectivity index (χ1n) is 6.57. The fourth-order valence-electron chi connectivity index (χ4n) is 1.74. The Morgan fingerprint density at radius 2 is 1.45 bits per heavy atom. The van der Waals surface area contributed by atoms with Gasteiger partial charge in [-0.05, 0) is 48.5 Å². The molecule has 0 spiro atoms. The van der Waals surface area contributed by atoms with Gasteiger partial charge in [-0.2, -0.15) is 0 Å². The van der Waals surface area contributed by atoms with E-state index in [1.54, 1.807) is 24.3 Å². The quantitative estimate of drug-likeness (QED) is 0.410. The number of hydrogen-bond donors (Lipinski definition) is 0. The Bertz CT molecular complexity index is 679. The lowest BCUT2D eigenvalue weighted by atomic mass is 10.1. The number of ketones is 1. The van der Waals surface area contributed by atoms with Gasteiger partial charge in [0.05, 0.1) is 4.91 Å². The summed E-state index contributed by atoms with van der Waals surface area (Å²) in [5.74, 6) is -0.0367. The minimum absolute atomic E-state index is 0.0367. The molecule has 2 rings (SSSR count). The van der Waals surface area contributed by atoms with E-state index in [1.165, 1.54) is 11.8 Å². The lowest BCUT2D eigenvalue weighted by Crippen LogP contribution is -2.08. The average molecular weight is 352 g/mol. The van der Waals surface area contributed by atoms with Crippen LogP contribution in [0.2, 0.25) is 10.0 Å². The molecule has 0 aliphatic heterocycles. The van der Waals surface area contributed by atoms with Crippen LogP contribution in [0.1, 0.15) is 10.4 Å². The molecular formula is C17H15Cl2NOS. The topological polar surface area (TPSA) is 20.3 Å². The van der Waals surface area contributed by atoms with Crippen LogP contribution in [0.4, 0.5) is 0 Å². The fourth-order valence-corrected chi connectivity index (χ4v) is 2.99. The summed E-state index contributed by atoms with van der Waals surface area (Å²) in [5.41, 5.74) is 0.610. The lowest BCUT2D eigenvalue weighted by Gasteiger charge is -2.11. The summed E-state index contributed by atoms with van der Waals surface area (Å²) in [5, 5.41) is 1.28. The molecule has 0 aliphatic rings. The summed E-state index contributed by atoms with van der Waals surface area (Å²) < 4.78 is 0. The predicted octanol–water partition coefficient (Wildman–Crippen LogP) is 5.37. The molecule has 22 heavy (non-hydrogen) atoms. The number of hydrogen-bond acceptors (Lipinski definition) is 3. The summed E-state index contributed by atoms with van der Waals surface area (Å²) in [6, 6.07) is 14.3. The summed E-state index contributed by atoms with van der Waals surface area (Å²) in [4.78, 5) is 16.1. The molecule has 5 heteroatoms. The SMILES string of the molecule is CN(C)C=C(Sc1ccc(Cl)cc1)C(=O)c1ccc(Cl)cc1. The first-order valence-corrected chi connectivity index (χ1v) is 8.15. The molecule has 2 aromatic carbocycles. The largest absolute Gasteiger partial charge is 0.382 e. The van der Waals surface area contributed by atoms with Crippen molar-refractivity contribution in [3.8, 4) is 0 Å². The second kappa shape index (κ2) is 7.73. The normalized spacial score (nSPS) is 11.4.